The minimum atomic E-state index is 0.334. The number of methoxy groups -OCH3 is 2. The predicted molar refractivity (Wildman–Crippen MR) is 81.5 cm³/mol. The fourth-order valence-corrected chi connectivity index (χ4v) is 2.74. The van der Waals surface area contributed by atoms with E-state index in [9.17, 15) is 0 Å². The van der Waals surface area contributed by atoms with Gasteiger partial charge in [-0.25, -0.2) is 0 Å². The second kappa shape index (κ2) is 6.79. The van der Waals surface area contributed by atoms with Crippen molar-refractivity contribution >= 4 is 0 Å². The maximum atomic E-state index is 5.42. The summed E-state index contributed by atoms with van der Waals surface area (Å²) in [7, 11) is 3.26. The van der Waals surface area contributed by atoms with Gasteiger partial charge in [0.15, 0.2) is 17.3 Å². The van der Waals surface area contributed by atoms with E-state index in [0.717, 1.165) is 37.4 Å². The number of benzene rings is 1. The maximum absolute atomic E-state index is 5.42. The summed E-state index contributed by atoms with van der Waals surface area (Å²) in [4.78, 5) is 4.54. The van der Waals surface area contributed by atoms with Crippen molar-refractivity contribution in [3.05, 3.63) is 35.5 Å². The summed E-state index contributed by atoms with van der Waals surface area (Å²) < 4.78 is 16.0. The molecule has 22 heavy (non-hydrogen) atoms. The molecule has 0 amide bonds. The molecule has 0 saturated carbocycles. The molecule has 1 aromatic heterocycles. The van der Waals surface area contributed by atoms with E-state index in [1.807, 2.05) is 18.2 Å². The van der Waals surface area contributed by atoms with Crippen molar-refractivity contribution in [2.75, 3.05) is 27.3 Å². The van der Waals surface area contributed by atoms with E-state index in [1.165, 1.54) is 0 Å². The molecule has 2 aromatic rings. The van der Waals surface area contributed by atoms with Gasteiger partial charge < -0.3 is 19.3 Å². The van der Waals surface area contributed by atoms with Gasteiger partial charge in [-0.1, -0.05) is 11.2 Å². The Hall–Kier alpha value is -2.08. The molecule has 0 aliphatic carbocycles. The molecule has 0 spiro atoms. The number of piperidine rings is 1. The lowest BCUT2D eigenvalue weighted by Gasteiger charge is -2.18. The number of hydrogen-bond acceptors (Lipinski definition) is 6. The largest absolute Gasteiger partial charge is 0.493 e. The van der Waals surface area contributed by atoms with Crippen molar-refractivity contribution in [3.8, 4) is 11.5 Å². The number of rotatable bonds is 5. The van der Waals surface area contributed by atoms with Crippen LogP contribution in [0.4, 0.5) is 0 Å². The van der Waals surface area contributed by atoms with Crippen LogP contribution < -0.4 is 14.8 Å². The van der Waals surface area contributed by atoms with E-state index in [4.69, 9.17) is 14.0 Å². The van der Waals surface area contributed by atoms with E-state index in [-0.39, 0.29) is 0 Å². The highest BCUT2D eigenvalue weighted by Crippen LogP contribution is 2.28. The lowest BCUT2D eigenvalue weighted by molar-refractivity contribution is 0.320. The van der Waals surface area contributed by atoms with Gasteiger partial charge in [0.05, 0.1) is 20.1 Å². The lowest BCUT2D eigenvalue weighted by Crippen LogP contribution is -2.28. The van der Waals surface area contributed by atoms with Crippen LogP contribution in [0.1, 0.15) is 36.0 Å². The summed E-state index contributed by atoms with van der Waals surface area (Å²) in [5, 5.41) is 7.46. The van der Waals surface area contributed by atoms with E-state index in [1.54, 1.807) is 14.2 Å². The SMILES string of the molecule is COc1ccc(Cc2noc([C@@H]3CCCNC3)n2)cc1OC. The molecule has 1 aliphatic rings. The molecule has 6 nitrogen and oxygen atoms in total. The summed E-state index contributed by atoms with van der Waals surface area (Å²) in [6.45, 7) is 1.99. The Morgan fingerprint density at radius 2 is 2.14 bits per heavy atom. The highest BCUT2D eigenvalue weighted by Gasteiger charge is 2.21. The van der Waals surface area contributed by atoms with Crippen molar-refractivity contribution < 1.29 is 14.0 Å². The van der Waals surface area contributed by atoms with Crippen LogP contribution in [-0.2, 0) is 6.42 Å². The van der Waals surface area contributed by atoms with Crippen LogP contribution in [0.2, 0.25) is 0 Å². The molecular formula is C16H21N3O3. The van der Waals surface area contributed by atoms with Gasteiger partial charge in [-0.3, -0.25) is 0 Å². The number of aromatic nitrogens is 2. The second-order valence-corrected chi connectivity index (χ2v) is 5.46. The summed E-state index contributed by atoms with van der Waals surface area (Å²) in [5.74, 6) is 3.20. The van der Waals surface area contributed by atoms with Gasteiger partial charge in [-0.2, -0.15) is 4.98 Å². The first-order chi connectivity index (χ1) is 10.8. The van der Waals surface area contributed by atoms with Crippen LogP contribution in [0.5, 0.6) is 11.5 Å². The zero-order valence-corrected chi connectivity index (χ0v) is 13.0. The summed E-state index contributed by atoms with van der Waals surface area (Å²) in [6.07, 6.45) is 2.87. The monoisotopic (exact) mass is 303 g/mol. The van der Waals surface area contributed by atoms with Gasteiger partial charge in [0.1, 0.15) is 0 Å². The molecule has 3 rings (SSSR count). The van der Waals surface area contributed by atoms with Crippen LogP contribution in [0.3, 0.4) is 0 Å². The van der Waals surface area contributed by atoms with Crippen LogP contribution in [0.25, 0.3) is 0 Å². The Bertz CT molecular complexity index is 621. The summed E-state index contributed by atoms with van der Waals surface area (Å²) >= 11 is 0. The second-order valence-electron chi connectivity index (χ2n) is 5.46. The molecule has 1 fully saturated rings. The molecule has 0 unspecified atom stereocenters. The maximum Gasteiger partial charge on any atom is 0.231 e. The zero-order valence-electron chi connectivity index (χ0n) is 13.0. The third kappa shape index (κ3) is 3.22. The quantitative estimate of drug-likeness (QED) is 0.912. The van der Waals surface area contributed by atoms with Gasteiger partial charge in [0, 0.05) is 13.0 Å². The predicted octanol–water partition coefficient (Wildman–Crippen LogP) is 2.14. The topological polar surface area (TPSA) is 69.4 Å². The van der Waals surface area contributed by atoms with Crippen LogP contribution >= 0.6 is 0 Å². The Morgan fingerprint density at radius 1 is 1.27 bits per heavy atom. The molecule has 118 valence electrons. The van der Waals surface area contributed by atoms with E-state index in [2.05, 4.69) is 15.5 Å². The Morgan fingerprint density at radius 3 is 2.86 bits per heavy atom. The van der Waals surface area contributed by atoms with Gasteiger partial charge in [0.2, 0.25) is 5.89 Å². The number of nitrogens with zero attached hydrogens (tertiary/aromatic N) is 2. The summed E-state index contributed by atoms with van der Waals surface area (Å²) in [5.41, 5.74) is 1.06. The first-order valence-corrected chi connectivity index (χ1v) is 7.54. The van der Waals surface area contributed by atoms with E-state index < -0.39 is 0 Å². The third-order valence-electron chi connectivity index (χ3n) is 3.94. The number of nitrogens with one attached hydrogen (secondary N) is 1. The average Bonchev–Trinajstić information content (AvgIpc) is 3.04. The normalized spacial score (nSPS) is 18.2. The highest BCUT2D eigenvalue weighted by atomic mass is 16.5. The summed E-state index contributed by atoms with van der Waals surface area (Å²) in [6, 6.07) is 5.82. The van der Waals surface area contributed by atoms with Crippen molar-refractivity contribution in [3.63, 3.8) is 0 Å². The van der Waals surface area contributed by atoms with Gasteiger partial charge in [-0.05, 0) is 37.1 Å². The van der Waals surface area contributed by atoms with E-state index >= 15 is 0 Å². The lowest BCUT2D eigenvalue weighted by atomic mass is 10.00. The molecule has 1 N–H and O–H groups in total. The van der Waals surface area contributed by atoms with Crippen molar-refractivity contribution in [2.24, 2.45) is 0 Å². The van der Waals surface area contributed by atoms with Crippen molar-refractivity contribution in [1.82, 2.24) is 15.5 Å². The average molecular weight is 303 g/mol. The Labute approximate surface area is 129 Å². The fraction of sp³-hybridized carbons (Fsp3) is 0.500. The minimum absolute atomic E-state index is 0.334. The molecule has 0 radical (unpaired) electrons. The molecule has 6 heteroatoms. The molecule has 1 aliphatic heterocycles. The first kappa shape index (κ1) is 14.8. The standard InChI is InChI=1S/C16H21N3O3/c1-20-13-6-5-11(8-14(13)21-2)9-15-18-16(22-19-15)12-4-3-7-17-10-12/h5-6,8,12,17H,3-4,7,9-10H2,1-2H3/t12-/m1/s1. The molecule has 1 atom stereocenters. The molecule has 1 saturated heterocycles. The Balaban J connectivity index is 1.72. The number of ether oxygens (including phenoxy) is 2. The zero-order chi connectivity index (χ0) is 15.4. The van der Waals surface area contributed by atoms with Crippen LogP contribution in [-0.4, -0.2) is 37.4 Å². The van der Waals surface area contributed by atoms with Crippen LogP contribution in [0.15, 0.2) is 22.7 Å². The fourth-order valence-electron chi connectivity index (χ4n) is 2.74. The molecule has 1 aromatic carbocycles. The molecular weight excluding hydrogens is 282 g/mol. The molecule has 0 bridgehead atoms. The minimum Gasteiger partial charge on any atom is -0.493 e. The first-order valence-electron chi connectivity index (χ1n) is 7.54. The number of hydrogen-bond donors (Lipinski definition) is 1. The molecule has 2 heterocycles. The van der Waals surface area contributed by atoms with Crippen LogP contribution in [0, 0.1) is 0 Å². The van der Waals surface area contributed by atoms with Gasteiger partial charge >= 0.3 is 0 Å². The highest BCUT2D eigenvalue weighted by molar-refractivity contribution is 5.43. The Kier molecular flexibility index (Phi) is 4.58. The van der Waals surface area contributed by atoms with Gasteiger partial charge in [-0.15, -0.1) is 0 Å². The van der Waals surface area contributed by atoms with E-state index in [0.29, 0.717) is 29.7 Å². The van der Waals surface area contributed by atoms with Gasteiger partial charge in [0.25, 0.3) is 0 Å². The van der Waals surface area contributed by atoms with Crippen molar-refractivity contribution in [1.29, 1.82) is 0 Å². The van der Waals surface area contributed by atoms with Crippen molar-refractivity contribution in [2.45, 2.75) is 25.2 Å². The smallest absolute Gasteiger partial charge is 0.231 e. The third-order valence-corrected chi connectivity index (χ3v) is 3.94.